The summed E-state index contributed by atoms with van der Waals surface area (Å²) in [5.74, 6) is 0.0812. The van der Waals surface area contributed by atoms with Crippen molar-refractivity contribution in [3.8, 4) is 0 Å². The summed E-state index contributed by atoms with van der Waals surface area (Å²) in [6, 6.07) is 0. The van der Waals surface area contributed by atoms with Crippen molar-refractivity contribution in [3.63, 3.8) is 0 Å². The second-order valence-electron chi connectivity index (χ2n) is 2.84. The van der Waals surface area contributed by atoms with Gasteiger partial charge in [0.05, 0.1) is 6.61 Å². The summed E-state index contributed by atoms with van der Waals surface area (Å²) in [5.41, 5.74) is 0. The molecule has 0 aromatic rings. The van der Waals surface area contributed by atoms with Crippen molar-refractivity contribution in [2.75, 3.05) is 6.61 Å². The lowest BCUT2D eigenvalue weighted by Crippen LogP contribution is -1.85. The third kappa shape index (κ3) is 1.63. The van der Waals surface area contributed by atoms with Gasteiger partial charge in [0.25, 0.3) is 0 Å². The molecule has 11 heavy (non-hydrogen) atoms. The van der Waals surface area contributed by atoms with E-state index >= 15 is 0 Å². The van der Waals surface area contributed by atoms with E-state index in [1.54, 1.807) is 0 Å². The predicted molar refractivity (Wildman–Crippen MR) is 45.2 cm³/mol. The lowest BCUT2D eigenvalue weighted by Gasteiger charge is -2.05. The SMILES string of the molecule is O=[PH](C1=CC=CCC1)C1CO1. The quantitative estimate of drug-likeness (QED) is 0.469. The molecule has 0 N–H and O–H groups in total. The number of ether oxygens (including phenoxy) is 1. The molecule has 60 valence electrons. The molecule has 2 nitrogen and oxygen atoms in total. The van der Waals surface area contributed by atoms with E-state index in [0.717, 1.165) is 18.2 Å². The zero-order valence-corrected chi connectivity index (χ0v) is 7.25. The minimum atomic E-state index is -1.56. The topological polar surface area (TPSA) is 29.6 Å². The monoisotopic (exact) mass is 170 g/mol. The maximum Gasteiger partial charge on any atom is 0.135 e. The minimum Gasteiger partial charge on any atom is -0.365 e. The zero-order chi connectivity index (χ0) is 7.68. The number of hydrogen-bond acceptors (Lipinski definition) is 2. The Hall–Kier alpha value is -0.330. The Morgan fingerprint density at radius 3 is 3.00 bits per heavy atom. The molecule has 0 bridgehead atoms. The first kappa shape index (κ1) is 7.33. The van der Waals surface area contributed by atoms with E-state index in [2.05, 4.69) is 6.08 Å². The highest BCUT2D eigenvalue weighted by Gasteiger charge is 2.31. The molecule has 0 aromatic heterocycles. The molecule has 1 saturated heterocycles. The molecule has 2 atom stereocenters. The first-order chi connectivity index (χ1) is 5.38. The van der Waals surface area contributed by atoms with Gasteiger partial charge < -0.3 is 9.30 Å². The Labute approximate surface area is 66.7 Å². The van der Waals surface area contributed by atoms with Crippen LogP contribution in [0.4, 0.5) is 0 Å². The summed E-state index contributed by atoms with van der Waals surface area (Å²) in [5, 5.41) is 1.11. The maximum absolute atomic E-state index is 11.5. The normalized spacial score (nSPS) is 31.3. The molecule has 1 aliphatic carbocycles. The maximum atomic E-state index is 11.5. The molecular formula is C8H11O2P. The summed E-state index contributed by atoms with van der Waals surface area (Å²) < 4.78 is 16.5. The van der Waals surface area contributed by atoms with Crippen molar-refractivity contribution >= 4 is 7.80 Å². The number of hydrogen-bond donors (Lipinski definition) is 0. The third-order valence-electron chi connectivity index (χ3n) is 1.96. The molecule has 0 saturated carbocycles. The van der Waals surface area contributed by atoms with Crippen molar-refractivity contribution in [2.24, 2.45) is 0 Å². The third-order valence-corrected chi connectivity index (χ3v) is 3.92. The van der Waals surface area contributed by atoms with E-state index in [9.17, 15) is 4.57 Å². The number of allylic oxidation sites excluding steroid dienone is 4. The molecule has 0 spiro atoms. The van der Waals surface area contributed by atoms with Crippen molar-refractivity contribution in [1.82, 2.24) is 0 Å². The standard InChI is InChI=1S/C8H11O2P/c9-11(8-6-10-8)7-4-2-1-3-5-7/h1-2,4,8,11H,3,5-6H2. The van der Waals surface area contributed by atoms with Crippen LogP contribution in [0.25, 0.3) is 0 Å². The van der Waals surface area contributed by atoms with Crippen LogP contribution in [0.1, 0.15) is 12.8 Å². The van der Waals surface area contributed by atoms with E-state index in [4.69, 9.17) is 4.74 Å². The van der Waals surface area contributed by atoms with Gasteiger partial charge >= 0.3 is 0 Å². The predicted octanol–water partition coefficient (Wildman–Crippen LogP) is 2.14. The van der Waals surface area contributed by atoms with Crippen LogP contribution in [-0.2, 0) is 9.30 Å². The molecule has 2 unspecified atom stereocenters. The van der Waals surface area contributed by atoms with Crippen LogP contribution in [0.5, 0.6) is 0 Å². The van der Waals surface area contributed by atoms with Crippen LogP contribution in [0.15, 0.2) is 23.5 Å². The summed E-state index contributed by atoms with van der Waals surface area (Å²) in [4.78, 5) is 0. The Morgan fingerprint density at radius 2 is 2.45 bits per heavy atom. The second-order valence-corrected chi connectivity index (χ2v) is 4.86. The van der Waals surface area contributed by atoms with Crippen LogP contribution < -0.4 is 0 Å². The highest BCUT2D eigenvalue weighted by Crippen LogP contribution is 2.47. The van der Waals surface area contributed by atoms with Crippen molar-refractivity contribution in [3.05, 3.63) is 23.5 Å². The zero-order valence-electron chi connectivity index (χ0n) is 6.25. The van der Waals surface area contributed by atoms with Crippen molar-refractivity contribution in [1.29, 1.82) is 0 Å². The lowest BCUT2D eigenvalue weighted by molar-refractivity contribution is 0.450. The van der Waals surface area contributed by atoms with Gasteiger partial charge in [-0.2, -0.15) is 0 Å². The molecular weight excluding hydrogens is 159 g/mol. The van der Waals surface area contributed by atoms with Gasteiger partial charge in [0, 0.05) is 0 Å². The average molecular weight is 170 g/mol. The van der Waals surface area contributed by atoms with Crippen molar-refractivity contribution in [2.45, 2.75) is 18.7 Å². The van der Waals surface area contributed by atoms with E-state index in [0.29, 0.717) is 6.61 Å². The molecule has 2 aliphatic rings. The van der Waals surface area contributed by atoms with Crippen LogP contribution >= 0.6 is 7.80 Å². The molecule has 1 aliphatic heterocycles. The van der Waals surface area contributed by atoms with Gasteiger partial charge in [0.15, 0.2) is 0 Å². The molecule has 0 amide bonds. The van der Waals surface area contributed by atoms with Gasteiger partial charge in [-0.15, -0.1) is 0 Å². The molecule has 1 fully saturated rings. The van der Waals surface area contributed by atoms with E-state index < -0.39 is 7.80 Å². The van der Waals surface area contributed by atoms with E-state index in [-0.39, 0.29) is 5.85 Å². The van der Waals surface area contributed by atoms with Gasteiger partial charge in [-0.1, -0.05) is 18.2 Å². The Morgan fingerprint density at radius 1 is 1.64 bits per heavy atom. The van der Waals surface area contributed by atoms with Crippen LogP contribution in [0, 0.1) is 0 Å². The fourth-order valence-electron chi connectivity index (χ4n) is 1.21. The van der Waals surface area contributed by atoms with Crippen LogP contribution in [0.2, 0.25) is 0 Å². The van der Waals surface area contributed by atoms with Gasteiger partial charge in [-0.25, -0.2) is 0 Å². The Bertz CT molecular complexity index is 238. The molecule has 1 heterocycles. The fraction of sp³-hybridized carbons (Fsp3) is 0.500. The molecule has 0 aromatic carbocycles. The van der Waals surface area contributed by atoms with Gasteiger partial charge in [0.1, 0.15) is 13.6 Å². The largest absolute Gasteiger partial charge is 0.365 e. The second kappa shape index (κ2) is 2.96. The van der Waals surface area contributed by atoms with E-state index in [1.165, 1.54) is 0 Å². The Kier molecular flexibility index (Phi) is 1.97. The van der Waals surface area contributed by atoms with E-state index in [1.807, 2.05) is 12.2 Å². The molecule has 3 heteroatoms. The Balaban J connectivity index is 2.07. The minimum absolute atomic E-state index is 0.0812. The first-order valence-corrected chi connectivity index (χ1v) is 5.38. The molecule has 0 radical (unpaired) electrons. The summed E-state index contributed by atoms with van der Waals surface area (Å²) in [6.07, 6.45) is 8.08. The summed E-state index contributed by atoms with van der Waals surface area (Å²) >= 11 is 0. The fourth-order valence-corrected chi connectivity index (χ4v) is 2.68. The average Bonchev–Trinajstić information content (AvgIpc) is 2.87. The van der Waals surface area contributed by atoms with Crippen LogP contribution in [-0.4, -0.2) is 12.5 Å². The number of rotatable bonds is 2. The van der Waals surface area contributed by atoms with Crippen molar-refractivity contribution < 1.29 is 9.30 Å². The van der Waals surface area contributed by atoms with Gasteiger partial charge in [-0.3, -0.25) is 0 Å². The van der Waals surface area contributed by atoms with Gasteiger partial charge in [0.2, 0.25) is 0 Å². The molecule has 2 rings (SSSR count). The first-order valence-electron chi connectivity index (χ1n) is 3.89. The lowest BCUT2D eigenvalue weighted by atomic mass is 10.2. The summed E-state index contributed by atoms with van der Waals surface area (Å²) in [6.45, 7) is 0.707. The highest BCUT2D eigenvalue weighted by molar-refractivity contribution is 7.50. The summed E-state index contributed by atoms with van der Waals surface area (Å²) in [7, 11) is -1.56. The van der Waals surface area contributed by atoms with Crippen LogP contribution in [0.3, 0.4) is 0 Å². The van der Waals surface area contributed by atoms with Gasteiger partial charge in [-0.05, 0) is 18.2 Å². The highest BCUT2D eigenvalue weighted by atomic mass is 31.1. The smallest absolute Gasteiger partial charge is 0.135 e. The number of epoxide rings is 1.